The first-order valence-electron chi connectivity index (χ1n) is 3.69. The van der Waals surface area contributed by atoms with Crippen molar-refractivity contribution >= 4 is 23.4 Å². The molecule has 1 fully saturated rings. The first kappa shape index (κ1) is 9.52. The van der Waals surface area contributed by atoms with Gasteiger partial charge in [-0.1, -0.05) is 13.8 Å². The molecule has 0 aromatic rings. The van der Waals surface area contributed by atoms with Crippen molar-refractivity contribution in [1.29, 1.82) is 0 Å². The molecule has 4 heteroatoms. The molecular weight excluding hydrogens is 180 g/mol. The van der Waals surface area contributed by atoms with Crippen molar-refractivity contribution in [3.05, 3.63) is 0 Å². The number of carbonyl (C=O) groups excluding carboxylic acids is 1. The molecule has 68 valence electrons. The summed E-state index contributed by atoms with van der Waals surface area (Å²) in [6.45, 7) is 4.76. The number of hydrogen-bond donors (Lipinski definition) is 1. The van der Waals surface area contributed by atoms with Crippen LogP contribution in [0.4, 0.5) is 0 Å². The minimum Gasteiger partial charge on any atom is -0.480 e. The van der Waals surface area contributed by atoms with Crippen LogP contribution in [0.5, 0.6) is 0 Å². The maximum absolute atomic E-state index is 11.0. The number of Topliss-reactive ketones (excluding diaryl/α,β-unsaturated/α-hetero) is 1. The molecule has 0 aromatic heterocycles. The van der Waals surface area contributed by atoms with Crippen LogP contribution in [0.2, 0.25) is 0 Å². The van der Waals surface area contributed by atoms with Gasteiger partial charge >= 0.3 is 5.97 Å². The average molecular weight is 191 g/mol. The number of halogens is 1. The van der Waals surface area contributed by atoms with Gasteiger partial charge in [0.05, 0.1) is 5.92 Å². The molecule has 0 heterocycles. The lowest BCUT2D eigenvalue weighted by atomic mass is 10.1. The van der Waals surface area contributed by atoms with Gasteiger partial charge in [-0.3, -0.25) is 9.59 Å². The molecule has 0 bridgehead atoms. The lowest BCUT2D eigenvalue weighted by Gasteiger charge is -2.03. The van der Waals surface area contributed by atoms with E-state index in [1.54, 1.807) is 13.8 Å². The molecule has 12 heavy (non-hydrogen) atoms. The topological polar surface area (TPSA) is 54.4 Å². The Kier molecular flexibility index (Phi) is 1.76. The highest BCUT2D eigenvalue weighted by atomic mass is 35.5. The molecule has 0 amide bonds. The van der Waals surface area contributed by atoms with E-state index in [1.165, 1.54) is 6.92 Å². The van der Waals surface area contributed by atoms with Gasteiger partial charge in [0.25, 0.3) is 0 Å². The van der Waals surface area contributed by atoms with Crippen molar-refractivity contribution in [2.45, 2.75) is 25.6 Å². The SMILES string of the molecule is CC(=O)C1C(C)(C)C1(Cl)C(=O)O. The monoisotopic (exact) mass is 190 g/mol. The summed E-state index contributed by atoms with van der Waals surface area (Å²) < 4.78 is 0. The molecule has 0 saturated heterocycles. The van der Waals surface area contributed by atoms with Crippen LogP contribution in [0.15, 0.2) is 0 Å². The number of hydrogen-bond acceptors (Lipinski definition) is 2. The lowest BCUT2D eigenvalue weighted by molar-refractivity contribution is -0.139. The maximum atomic E-state index is 11.0. The second-order valence-electron chi connectivity index (χ2n) is 3.78. The Bertz CT molecular complexity index is 259. The Morgan fingerprint density at radius 1 is 1.42 bits per heavy atom. The van der Waals surface area contributed by atoms with Gasteiger partial charge in [0.15, 0.2) is 4.87 Å². The summed E-state index contributed by atoms with van der Waals surface area (Å²) in [4.78, 5) is 20.3. The highest BCUT2D eigenvalue weighted by molar-refractivity contribution is 6.39. The number of aliphatic carboxylic acids is 1. The van der Waals surface area contributed by atoms with Crippen LogP contribution in [0.25, 0.3) is 0 Å². The molecule has 0 aromatic carbocycles. The van der Waals surface area contributed by atoms with Crippen molar-refractivity contribution in [3.63, 3.8) is 0 Å². The number of rotatable bonds is 2. The number of ketones is 1. The van der Waals surface area contributed by atoms with Crippen molar-refractivity contribution < 1.29 is 14.7 Å². The highest BCUT2D eigenvalue weighted by Gasteiger charge is 2.77. The number of carbonyl (C=O) groups is 2. The molecule has 0 spiro atoms. The molecule has 1 aliphatic rings. The third-order valence-electron chi connectivity index (χ3n) is 2.69. The predicted molar refractivity (Wildman–Crippen MR) is 44.2 cm³/mol. The van der Waals surface area contributed by atoms with Gasteiger partial charge in [-0.2, -0.15) is 0 Å². The predicted octanol–water partition coefficient (Wildman–Crippen LogP) is 1.29. The van der Waals surface area contributed by atoms with E-state index < -0.39 is 22.2 Å². The zero-order valence-corrected chi connectivity index (χ0v) is 7.97. The van der Waals surface area contributed by atoms with Gasteiger partial charge in [0.2, 0.25) is 0 Å². The van der Waals surface area contributed by atoms with Crippen molar-refractivity contribution in [3.8, 4) is 0 Å². The van der Waals surface area contributed by atoms with E-state index >= 15 is 0 Å². The molecule has 1 N–H and O–H groups in total. The smallest absolute Gasteiger partial charge is 0.326 e. The Labute approximate surface area is 75.7 Å². The average Bonchev–Trinajstić information content (AvgIpc) is 2.28. The minimum atomic E-state index is -1.38. The summed E-state index contributed by atoms with van der Waals surface area (Å²) in [5.41, 5.74) is -0.619. The fourth-order valence-corrected chi connectivity index (χ4v) is 2.38. The first-order chi connectivity index (χ1) is 5.26. The van der Waals surface area contributed by atoms with Crippen molar-refractivity contribution in [1.82, 2.24) is 0 Å². The quantitative estimate of drug-likeness (QED) is 0.668. The molecule has 0 aliphatic heterocycles. The normalized spacial score (nSPS) is 37.5. The third-order valence-corrected chi connectivity index (χ3v) is 3.56. The minimum absolute atomic E-state index is 0.155. The van der Waals surface area contributed by atoms with Crippen LogP contribution in [0.3, 0.4) is 0 Å². The van der Waals surface area contributed by atoms with Gasteiger partial charge in [0, 0.05) is 5.41 Å². The summed E-state index contributed by atoms with van der Waals surface area (Å²) in [7, 11) is 0. The van der Waals surface area contributed by atoms with E-state index in [9.17, 15) is 9.59 Å². The van der Waals surface area contributed by atoms with Gasteiger partial charge < -0.3 is 5.11 Å². The fourth-order valence-electron chi connectivity index (χ4n) is 1.90. The van der Waals surface area contributed by atoms with Crippen LogP contribution in [0, 0.1) is 11.3 Å². The Balaban J connectivity index is 2.99. The molecule has 3 nitrogen and oxygen atoms in total. The van der Waals surface area contributed by atoms with E-state index in [1.807, 2.05) is 0 Å². The largest absolute Gasteiger partial charge is 0.480 e. The molecule has 1 aliphatic carbocycles. The van der Waals surface area contributed by atoms with Gasteiger partial charge in [0.1, 0.15) is 5.78 Å². The van der Waals surface area contributed by atoms with E-state index in [2.05, 4.69) is 0 Å². The first-order valence-corrected chi connectivity index (χ1v) is 4.06. The molecule has 1 rings (SSSR count). The van der Waals surface area contributed by atoms with Gasteiger partial charge in [-0.15, -0.1) is 11.6 Å². The van der Waals surface area contributed by atoms with Crippen molar-refractivity contribution in [2.75, 3.05) is 0 Å². The van der Waals surface area contributed by atoms with Crippen LogP contribution < -0.4 is 0 Å². The number of alkyl halides is 1. The van der Waals surface area contributed by atoms with Crippen molar-refractivity contribution in [2.24, 2.45) is 11.3 Å². The number of carboxylic acid groups (broad SMARTS) is 1. The van der Waals surface area contributed by atoms with E-state index in [-0.39, 0.29) is 5.78 Å². The molecular formula is C8H11ClO3. The van der Waals surface area contributed by atoms with Crippen LogP contribution in [-0.2, 0) is 9.59 Å². The summed E-state index contributed by atoms with van der Waals surface area (Å²) in [5, 5.41) is 8.78. The maximum Gasteiger partial charge on any atom is 0.326 e. The highest BCUT2D eigenvalue weighted by Crippen LogP contribution is 2.66. The van der Waals surface area contributed by atoms with Gasteiger partial charge in [-0.25, -0.2) is 0 Å². The number of carboxylic acids is 1. The Morgan fingerprint density at radius 2 is 1.83 bits per heavy atom. The summed E-state index contributed by atoms with van der Waals surface area (Å²) in [6.07, 6.45) is 0. The zero-order valence-electron chi connectivity index (χ0n) is 7.22. The van der Waals surface area contributed by atoms with Crippen LogP contribution in [0.1, 0.15) is 20.8 Å². The van der Waals surface area contributed by atoms with Gasteiger partial charge in [-0.05, 0) is 6.92 Å². The summed E-state index contributed by atoms with van der Waals surface area (Å²) in [5.74, 6) is -1.81. The third kappa shape index (κ3) is 0.829. The Morgan fingerprint density at radius 3 is 1.92 bits per heavy atom. The second kappa shape index (κ2) is 2.22. The second-order valence-corrected chi connectivity index (χ2v) is 4.38. The molecule has 2 unspecified atom stereocenters. The fraction of sp³-hybridized carbons (Fsp3) is 0.750. The molecule has 2 atom stereocenters. The van der Waals surface area contributed by atoms with Crippen LogP contribution in [-0.4, -0.2) is 21.7 Å². The van der Waals surface area contributed by atoms with Crippen LogP contribution >= 0.6 is 11.6 Å². The van der Waals surface area contributed by atoms with E-state index in [4.69, 9.17) is 16.7 Å². The van der Waals surface area contributed by atoms with E-state index in [0.29, 0.717) is 0 Å². The molecule has 1 saturated carbocycles. The molecule has 0 radical (unpaired) electrons. The Hall–Kier alpha value is -0.570. The lowest BCUT2D eigenvalue weighted by Crippen LogP contribution is -2.22. The standard InChI is InChI=1S/C8H11ClO3/c1-4(10)5-7(2,3)8(5,9)6(11)12/h5H,1-3H3,(H,11,12). The zero-order chi connectivity index (χ0) is 9.73. The van der Waals surface area contributed by atoms with E-state index in [0.717, 1.165) is 0 Å². The summed E-state index contributed by atoms with van der Waals surface area (Å²) in [6, 6.07) is 0. The summed E-state index contributed by atoms with van der Waals surface area (Å²) >= 11 is 5.81.